The number of amides is 1. The maximum Gasteiger partial charge on any atom is 0.241 e. The van der Waals surface area contributed by atoms with Gasteiger partial charge in [0.05, 0.1) is 6.54 Å². The van der Waals surface area contributed by atoms with Gasteiger partial charge in [-0.05, 0) is 40.2 Å². The summed E-state index contributed by atoms with van der Waals surface area (Å²) < 4.78 is 0.974. The number of nitrogens with one attached hydrogen (secondary N) is 1. The fourth-order valence-electron chi connectivity index (χ4n) is 2.74. The smallest absolute Gasteiger partial charge is 0.241 e. The van der Waals surface area contributed by atoms with Gasteiger partial charge in [-0.1, -0.05) is 30.3 Å². The highest BCUT2D eigenvalue weighted by atomic mass is 79.9. The number of carbonyl (C=O) groups is 1. The maximum atomic E-state index is 12.4. The fraction of sp³-hybridized carbons (Fsp3) is 0.278. The van der Waals surface area contributed by atoms with Crippen molar-refractivity contribution in [1.82, 2.24) is 4.90 Å². The van der Waals surface area contributed by atoms with Gasteiger partial charge in [-0.25, -0.2) is 0 Å². The van der Waals surface area contributed by atoms with Crippen molar-refractivity contribution in [2.75, 3.05) is 42.9 Å². The van der Waals surface area contributed by atoms with Gasteiger partial charge in [0.25, 0.3) is 0 Å². The molecule has 1 saturated heterocycles. The minimum Gasteiger partial charge on any atom is -0.375 e. The second kappa shape index (κ2) is 7.51. The summed E-state index contributed by atoms with van der Waals surface area (Å²) in [6.07, 6.45) is 0. The minimum absolute atomic E-state index is 0.147. The van der Waals surface area contributed by atoms with Crippen LogP contribution < -0.4 is 10.2 Å². The Hall–Kier alpha value is -2.01. The quantitative estimate of drug-likeness (QED) is 0.893. The van der Waals surface area contributed by atoms with Gasteiger partial charge < -0.3 is 15.1 Å². The third-order valence-corrected chi connectivity index (χ3v) is 4.75. The zero-order valence-electron chi connectivity index (χ0n) is 12.9. The topological polar surface area (TPSA) is 35.6 Å². The Kier molecular flexibility index (Phi) is 5.18. The normalized spacial score (nSPS) is 14.7. The first-order valence-corrected chi connectivity index (χ1v) is 8.59. The molecule has 2 aromatic carbocycles. The van der Waals surface area contributed by atoms with E-state index in [1.54, 1.807) is 0 Å². The lowest BCUT2D eigenvalue weighted by Gasteiger charge is -2.36. The van der Waals surface area contributed by atoms with E-state index >= 15 is 0 Å². The molecule has 0 radical (unpaired) electrons. The molecular weight excluding hydrogens is 354 g/mol. The molecule has 0 unspecified atom stereocenters. The number of anilines is 2. The van der Waals surface area contributed by atoms with Crippen molar-refractivity contribution in [2.45, 2.75) is 0 Å². The van der Waals surface area contributed by atoms with Gasteiger partial charge >= 0.3 is 0 Å². The van der Waals surface area contributed by atoms with E-state index in [9.17, 15) is 4.79 Å². The predicted molar refractivity (Wildman–Crippen MR) is 97.9 cm³/mol. The molecule has 0 saturated carbocycles. The van der Waals surface area contributed by atoms with E-state index in [-0.39, 0.29) is 5.91 Å². The highest BCUT2D eigenvalue weighted by molar-refractivity contribution is 9.10. The first-order valence-electron chi connectivity index (χ1n) is 7.80. The van der Waals surface area contributed by atoms with Gasteiger partial charge in [-0.2, -0.15) is 0 Å². The van der Waals surface area contributed by atoms with E-state index < -0.39 is 0 Å². The van der Waals surface area contributed by atoms with Crippen molar-refractivity contribution in [3.05, 3.63) is 59.1 Å². The summed E-state index contributed by atoms with van der Waals surface area (Å²) in [4.78, 5) is 16.6. The highest BCUT2D eigenvalue weighted by Gasteiger charge is 2.20. The van der Waals surface area contributed by atoms with Gasteiger partial charge in [0.2, 0.25) is 5.91 Å². The molecule has 4 nitrogen and oxygen atoms in total. The molecule has 2 aromatic rings. The van der Waals surface area contributed by atoms with E-state index in [0.717, 1.165) is 36.3 Å². The lowest BCUT2D eigenvalue weighted by Crippen LogP contribution is -2.50. The van der Waals surface area contributed by atoms with Crippen LogP contribution in [0, 0.1) is 0 Å². The largest absolute Gasteiger partial charge is 0.375 e. The molecule has 23 heavy (non-hydrogen) atoms. The highest BCUT2D eigenvalue weighted by Crippen LogP contribution is 2.21. The van der Waals surface area contributed by atoms with Crippen LogP contribution in [0.15, 0.2) is 59.1 Å². The molecule has 1 heterocycles. The summed E-state index contributed by atoms with van der Waals surface area (Å²) in [5, 5.41) is 3.20. The summed E-state index contributed by atoms with van der Waals surface area (Å²) in [6, 6.07) is 18.2. The number of rotatable bonds is 4. The van der Waals surface area contributed by atoms with Crippen LogP contribution in [-0.4, -0.2) is 43.5 Å². The minimum atomic E-state index is 0.147. The molecule has 120 valence electrons. The molecule has 3 rings (SSSR count). The van der Waals surface area contributed by atoms with Crippen LogP contribution in [0.2, 0.25) is 0 Å². The number of hydrogen-bond donors (Lipinski definition) is 1. The molecule has 1 aliphatic rings. The molecule has 1 N–H and O–H groups in total. The van der Waals surface area contributed by atoms with Crippen molar-refractivity contribution < 1.29 is 4.79 Å². The number of halogens is 1. The lowest BCUT2D eigenvalue weighted by molar-refractivity contribution is -0.129. The molecule has 5 heteroatoms. The van der Waals surface area contributed by atoms with Crippen LogP contribution in [0.1, 0.15) is 0 Å². The standard InChI is InChI=1S/C18H20BrN3O/c19-16-8-4-5-9-17(16)20-14-18(23)22-12-10-21(11-13-22)15-6-2-1-3-7-15/h1-9,20H,10-14H2. The second-order valence-corrected chi connectivity index (χ2v) is 6.39. The monoisotopic (exact) mass is 373 g/mol. The van der Waals surface area contributed by atoms with Gasteiger partial charge in [0.1, 0.15) is 0 Å². The lowest BCUT2D eigenvalue weighted by atomic mass is 10.2. The molecule has 1 fully saturated rings. The summed E-state index contributed by atoms with van der Waals surface area (Å²) in [5.41, 5.74) is 2.18. The summed E-state index contributed by atoms with van der Waals surface area (Å²) in [7, 11) is 0. The van der Waals surface area contributed by atoms with Gasteiger partial charge in [-0.3, -0.25) is 4.79 Å². The predicted octanol–water partition coefficient (Wildman–Crippen LogP) is 3.21. The third kappa shape index (κ3) is 4.05. The van der Waals surface area contributed by atoms with Crippen molar-refractivity contribution in [1.29, 1.82) is 0 Å². The maximum absolute atomic E-state index is 12.4. The van der Waals surface area contributed by atoms with E-state index in [4.69, 9.17) is 0 Å². The first-order chi connectivity index (χ1) is 11.2. The second-order valence-electron chi connectivity index (χ2n) is 5.54. The average Bonchev–Trinajstić information content (AvgIpc) is 2.62. The molecule has 0 spiro atoms. The Labute approximate surface area is 145 Å². The number of carbonyl (C=O) groups excluding carboxylic acids is 1. The summed E-state index contributed by atoms with van der Waals surface area (Å²) in [6.45, 7) is 3.63. The van der Waals surface area contributed by atoms with Gasteiger partial charge in [0.15, 0.2) is 0 Å². The Morgan fingerprint density at radius 2 is 1.61 bits per heavy atom. The number of para-hydroxylation sites is 2. The Balaban J connectivity index is 1.50. The molecule has 0 aliphatic carbocycles. The number of hydrogen-bond acceptors (Lipinski definition) is 3. The molecule has 0 aromatic heterocycles. The number of benzene rings is 2. The van der Waals surface area contributed by atoms with E-state index in [2.05, 4.69) is 50.4 Å². The van der Waals surface area contributed by atoms with Crippen LogP contribution in [-0.2, 0) is 4.79 Å². The number of piperazine rings is 1. The van der Waals surface area contributed by atoms with Crippen molar-refractivity contribution >= 4 is 33.2 Å². The first kappa shape index (κ1) is 15.9. The van der Waals surface area contributed by atoms with E-state index in [0.29, 0.717) is 6.54 Å². The third-order valence-electron chi connectivity index (χ3n) is 4.06. The van der Waals surface area contributed by atoms with E-state index in [1.807, 2.05) is 35.2 Å². The van der Waals surface area contributed by atoms with Crippen LogP contribution in [0.3, 0.4) is 0 Å². The number of nitrogens with zero attached hydrogens (tertiary/aromatic N) is 2. The molecule has 1 amide bonds. The van der Waals surface area contributed by atoms with E-state index in [1.165, 1.54) is 5.69 Å². The van der Waals surface area contributed by atoms with Gasteiger partial charge in [0, 0.05) is 42.0 Å². The molecular formula is C18H20BrN3O. The van der Waals surface area contributed by atoms with Crippen molar-refractivity contribution in [2.24, 2.45) is 0 Å². The Morgan fingerprint density at radius 3 is 2.30 bits per heavy atom. The van der Waals surface area contributed by atoms with Crippen LogP contribution in [0.5, 0.6) is 0 Å². The average molecular weight is 374 g/mol. The Morgan fingerprint density at radius 1 is 0.957 bits per heavy atom. The zero-order valence-corrected chi connectivity index (χ0v) is 14.5. The van der Waals surface area contributed by atoms with Crippen molar-refractivity contribution in [3.8, 4) is 0 Å². The van der Waals surface area contributed by atoms with Crippen LogP contribution in [0.4, 0.5) is 11.4 Å². The van der Waals surface area contributed by atoms with Gasteiger partial charge in [-0.15, -0.1) is 0 Å². The fourth-order valence-corrected chi connectivity index (χ4v) is 3.17. The summed E-state index contributed by atoms with van der Waals surface area (Å²) in [5.74, 6) is 0.147. The van der Waals surface area contributed by atoms with Crippen LogP contribution >= 0.6 is 15.9 Å². The van der Waals surface area contributed by atoms with Crippen LogP contribution in [0.25, 0.3) is 0 Å². The molecule has 0 bridgehead atoms. The molecule has 1 aliphatic heterocycles. The SMILES string of the molecule is O=C(CNc1ccccc1Br)N1CCN(c2ccccc2)CC1. The zero-order chi connectivity index (χ0) is 16.1. The van der Waals surface area contributed by atoms with Crippen molar-refractivity contribution in [3.63, 3.8) is 0 Å². The summed E-state index contributed by atoms with van der Waals surface area (Å²) >= 11 is 3.48. The molecule has 0 atom stereocenters. The Bertz CT molecular complexity index is 654.